The van der Waals surface area contributed by atoms with Crippen molar-refractivity contribution in [1.82, 2.24) is 20.1 Å². The Hall–Kier alpha value is -4.21. The zero-order chi connectivity index (χ0) is 23.3. The number of halogens is 3. The first-order chi connectivity index (χ1) is 15.8. The van der Waals surface area contributed by atoms with Crippen molar-refractivity contribution in [2.75, 3.05) is 0 Å². The molecule has 1 aliphatic rings. The number of nitrogens with zero attached hydrogens (tertiary/aromatic N) is 3. The summed E-state index contributed by atoms with van der Waals surface area (Å²) in [5, 5.41) is 6.90. The first kappa shape index (κ1) is 20.7. The summed E-state index contributed by atoms with van der Waals surface area (Å²) in [4.78, 5) is 27.8. The first-order valence-corrected chi connectivity index (χ1v) is 10.3. The van der Waals surface area contributed by atoms with Gasteiger partial charge < -0.3 is 11.1 Å². The fourth-order valence-electron chi connectivity index (χ4n) is 3.80. The van der Waals surface area contributed by atoms with E-state index in [0.29, 0.717) is 21.3 Å². The van der Waals surface area contributed by atoms with Gasteiger partial charge in [-0.1, -0.05) is 18.2 Å². The molecule has 2 aromatic carbocycles. The van der Waals surface area contributed by atoms with Crippen molar-refractivity contribution in [1.29, 1.82) is 0 Å². The number of thiazole rings is 1. The number of fused-ring (bicyclic) bond motifs is 2. The van der Waals surface area contributed by atoms with Crippen molar-refractivity contribution < 1.29 is 22.8 Å². The van der Waals surface area contributed by atoms with Crippen molar-refractivity contribution in [3.05, 3.63) is 70.5 Å². The van der Waals surface area contributed by atoms with Crippen LogP contribution in [0.1, 0.15) is 27.2 Å². The Bertz CT molecular complexity index is 1530. The van der Waals surface area contributed by atoms with Gasteiger partial charge in [-0.15, -0.1) is 11.3 Å². The van der Waals surface area contributed by atoms with E-state index < -0.39 is 23.3 Å². The van der Waals surface area contributed by atoms with Crippen LogP contribution in [0.15, 0.2) is 48.1 Å². The monoisotopic (exact) mass is 467 g/mol. The van der Waals surface area contributed by atoms with Crippen LogP contribution in [0.25, 0.3) is 38.9 Å². The molecular weight excluding hydrogens is 455 g/mol. The number of primary amides is 1. The number of hydrogen-bond acceptors (Lipinski definition) is 6. The first-order valence-electron chi connectivity index (χ1n) is 9.45. The van der Waals surface area contributed by atoms with Crippen LogP contribution in [-0.2, 0) is 11.0 Å². The summed E-state index contributed by atoms with van der Waals surface area (Å²) >= 11 is 1.37. The van der Waals surface area contributed by atoms with Gasteiger partial charge in [0.1, 0.15) is 11.4 Å². The van der Waals surface area contributed by atoms with Gasteiger partial charge in [0.2, 0.25) is 0 Å². The number of nitrogens with one attached hydrogen (secondary N) is 1. The average Bonchev–Trinajstić information content (AvgIpc) is 3.42. The molecule has 7 nitrogen and oxygen atoms in total. The third kappa shape index (κ3) is 3.30. The summed E-state index contributed by atoms with van der Waals surface area (Å²) in [6.45, 7) is 0. The lowest BCUT2D eigenvalue weighted by molar-refractivity contribution is -0.143. The Morgan fingerprint density at radius 3 is 2.76 bits per heavy atom. The van der Waals surface area contributed by atoms with Crippen LogP contribution in [0.2, 0.25) is 0 Å². The quantitative estimate of drug-likeness (QED) is 0.443. The number of alkyl halides is 3. The van der Waals surface area contributed by atoms with Gasteiger partial charge in [0.25, 0.3) is 5.91 Å². The molecule has 0 spiro atoms. The lowest BCUT2D eigenvalue weighted by atomic mass is 10.00. The van der Waals surface area contributed by atoms with Crippen LogP contribution in [-0.4, -0.2) is 26.6 Å². The summed E-state index contributed by atoms with van der Waals surface area (Å²) < 4.78 is 44.3. The molecule has 4 aromatic rings. The highest BCUT2D eigenvalue weighted by atomic mass is 32.1. The van der Waals surface area contributed by atoms with Gasteiger partial charge in [-0.05, 0) is 24.3 Å². The smallest absolute Gasteiger partial charge is 0.365 e. The molecule has 0 bridgehead atoms. The normalized spacial score (nSPS) is 13.0. The van der Waals surface area contributed by atoms with Crippen molar-refractivity contribution in [3.8, 4) is 16.9 Å². The second-order valence-corrected chi connectivity index (χ2v) is 7.96. The van der Waals surface area contributed by atoms with Gasteiger partial charge in [-0.2, -0.15) is 18.3 Å². The minimum atomic E-state index is -4.96. The minimum absolute atomic E-state index is 0.0220. The van der Waals surface area contributed by atoms with Gasteiger partial charge in [0.05, 0.1) is 27.0 Å². The summed E-state index contributed by atoms with van der Waals surface area (Å²) in [6.07, 6.45) is -2.03. The molecule has 3 heterocycles. The van der Waals surface area contributed by atoms with E-state index in [1.54, 1.807) is 35.7 Å². The summed E-state index contributed by atoms with van der Waals surface area (Å²) in [5.74, 6) is 0.465. The molecular formula is C22H12F3N5O2S. The lowest BCUT2D eigenvalue weighted by Crippen LogP contribution is -2.22. The van der Waals surface area contributed by atoms with E-state index in [-0.39, 0.29) is 22.6 Å². The number of hydrogen-bond donors (Lipinski definition) is 2. The van der Waals surface area contributed by atoms with E-state index in [1.165, 1.54) is 35.7 Å². The standard InChI is InChI=1S/C22H12F3N5O2S/c23-22(24,25)20-18(21(26)32)19(11-4-5-17-14(8-11)28-10-33-17)29-30(20)16-3-1-2-12-13(16)6-7-27-15(12)9-31/h1-8,10,27H,(H2,26,32). The average molecular weight is 467 g/mol. The molecule has 33 heavy (non-hydrogen) atoms. The highest BCUT2D eigenvalue weighted by molar-refractivity contribution is 7.16. The predicted octanol–water partition coefficient (Wildman–Crippen LogP) is 4.01. The van der Waals surface area contributed by atoms with Crippen LogP contribution in [0.3, 0.4) is 0 Å². The Labute approximate surface area is 187 Å². The van der Waals surface area contributed by atoms with E-state index in [4.69, 9.17) is 5.73 Å². The van der Waals surface area contributed by atoms with Crippen LogP contribution < -0.4 is 11.1 Å². The molecule has 0 fully saturated rings. The minimum Gasteiger partial charge on any atom is -0.365 e. The SMILES string of the molecule is NC(=O)c1c(-c2ccc3scnc3c2)nn(-c2cccc3c2C=CNC3=C=O)c1C(F)(F)F. The summed E-state index contributed by atoms with van der Waals surface area (Å²) in [5.41, 5.74) is 6.33. The molecule has 1 amide bonds. The third-order valence-electron chi connectivity index (χ3n) is 5.16. The number of benzene rings is 2. The summed E-state index contributed by atoms with van der Waals surface area (Å²) in [6, 6.07) is 9.29. The van der Waals surface area contributed by atoms with Crippen molar-refractivity contribution in [3.63, 3.8) is 0 Å². The Balaban J connectivity index is 1.85. The number of aromatic nitrogens is 3. The molecule has 2 aromatic heterocycles. The maximum atomic E-state index is 14.3. The van der Waals surface area contributed by atoms with Crippen molar-refractivity contribution >= 4 is 45.2 Å². The molecule has 3 N–H and O–H groups in total. The van der Waals surface area contributed by atoms with Gasteiger partial charge in [-0.3, -0.25) is 4.79 Å². The fourth-order valence-corrected chi connectivity index (χ4v) is 4.46. The molecule has 0 radical (unpaired) electrons. The molecule has 0 unspecified atom stereocenters. The molecule has 0 aliphatic carbocycles. The Morgan fingerprint density at radius 2 is 2.03 bits per heavy atom. The summed E-state index contributed by atoms with van der Waals surface area (Å²) in [7, 11) is 0. The molecule has 164 valence electrons. The van der Waals surface area contributed by atoms with E-state index in [1.807, 2.05) is 0 Å². The zero-order valence-corrected chi connectivity index (χ0v) is 17.3. The predicted molar refractivity (Wildman–Crippen MR) is 117 cm³/mol. The Morgan fingerprint density at radius 1 is 1.21 bits per heavy atom. The van der Waals surface area contributed by atoms with E-state index in [0.717, 1.165) is 4.70 Å². The molecule has 1 aliphatic heterocycles. The van der Waals surface area contributed by atoms with Gasteiger partial charge in [-0.25, -0.2) is 14.5 Å². The molecule has 0 saturated heterocycles. The largest absolute Gasteiger partial charge is 0.434 e. The number of carbonyl (C=O) groups is 1. The van der Waals surface area contributed by atoms with E-state index in [2.05, 4.69) is 15.4 Å². The highest BCUT2D eigenvalue weighted by Gasteiger charge is 2.43. The van der Waals surface area contributed by atoms with Crippen LogP contribution >= 0.6 is 11.3 Å². The second kappa shape index (κ2) is 7.44. The third-order valence-corrected chi connectivity index (χ3v) is 5.97. The lowest BCUT2D eigenvalue weighted by Gasteiger charge is -2.18. The maximum Gasteiger partial charge on any atom is 0.434 e. The molecule has 11 heteroatoms. The number of carbonyl (C=O) groups excluding carboxylic acids is 2. The topological polar surface area (TPSA) is 103 Å². The fraction of sp³-hybridized carbons (Fsp3) is 0.0455. The second-order valence-electron chi connectivity index (χ2n) is 7.07. The molecule has 5 rings (SSSR count). The van der Waals surface area contributed by atoms with E-state index >= 15 is 0 Å². The number of nitrogens with two attached hydrogens (primary N) is 1. The van der Waals surface area contributed by atoms with Gasteiger partial charge in [0.15, 0.2) is 11.6 Å². The maximum absolute atomic E-state index is 14.3. The van der Waals surface area contributed by atoms with Crippen LogP contribution in [0.4, 0.5) is 13.2 Å². The van der Waals surface area contributed by atoms with Crippen LogP contribution in [0.5, 0.6) is 0 Å². The number of amides is 1. The highest BCUT2D eigenvalue weighted by Crippen LogP contribution is 2.40. The van der Waals surface area contributed by atoms with E-state index in [9.17, 15) is 22.8 Å². The van der Waals surface area contributed by atoms with Gasteiger partial charge >= 0.3 is 6.18 Å². The number of rotatable bonds is 3. The zero-order valence-electron chi connectivity index (χ0n) is 16.5. The van der Waals surface area contributed by atoms with Crippen LogP contribution in [0, 0.1) is 0 Å². The Kier molecular flexibility index (Phi) is 4.66. The van der Waals surface area contributed by atoms with Gasteiger partial charge in [0, 0.05) is 22.9 Å². The molecule has 0 saturated carbocycles. The molecule has 0 atom stereocenters. The van der Waals surface area contributed by atoms with Crippen molar-refractivity contribution in [2.45, 2.75) is 6.18 Å². The van der Waals surface area contributed by atoms with Crippen molar-refractivity contribution in [2.24, 2.45) is 5.73 Å².